The van der Waals surface area contributed by atoms with Gasteiger partial charge in [-0.25, -0.2) is 0 Å². The summed E-state index contributed by atoms with van der Waals surface area (Å²) < 4.78 is 0. The first-order valence-corrected chi connectivity index (χ1v) is 7.50. The van der Waals surface area contributed by atoms with Crippen LogP contribution in [0.4, 0.5) is 0 Å². The van der Waals surface area contributed by atoms with Gasteiger partial charge in [-0.15, -0.1) is 0 Å². The van der Waals surface area contributed by atoms with E-state index in [1.165, 1.54) is 0 Å². The lowest BCUT2D eigenvalue weighted by Gasteiger charge is -2.18. The van der Waals surface area contributed by atoms with Crippen LogP contribution in [0, 0.1) is 5.92 Å². The van der Waals surface area contributed by atoms with E-state index in [9.17, 15) is 14.7 Å². The molecule has 2 aliphatic rings. The summed E-state index contributed by atoms with van der Waals surface area (Å²) in [6, 6.07) is 6.47. The van der Waals surface area contributed by atoms with E-state index in [0.717, 1.165) is 31.2 Å². The van der Waals surface area contributed by atoms with Gasteiger partial charge in [0.05, 0.1) is 0 Å². The Morgan fingerprint density at radius 2 is 1.81 bits per heavy atom. The zero-order valence-electron chi connectivity index (χ0n) is 11.8. The Labute approximate surface area is 123 Å². The fraction of sp³-hybridized carbons (Fsp3) is 0.500. The Morgan fingerprint density at radius 1 is 1.14 bits per heavy atom. The average molecular weight is 288 g/mol. The van der Waals surface area contributed by atoms with Crippen LogP contribution in [-0.4, -0.2) is 29.0 Å². The van der Waals surface area contributed by atoms with Gasteiger partial charge in [0.25, 0.3) is 0 Å². The van der Waals surface area contributed by atoms with Gasteiger partial charge in [-0.1, -0.05) is 12.1 Å². The predicted molar refractivity (Wildman–Crippen MR) is 77.6 cm³/mol. The molecule has 0 aromatic heterocycles. The lowest BCUT2D eigenvalue weighted by Crippen LogP contribution is -2.49. The number of nitrogens with one attached hydrogen (secondary N) is 2. The van der Waals surface area contributed by atoms with Crippen LogP contribution >= 0.6 is 0 Å². The van der Waals surface area contributed by atoms with E-state index < -0.39 is 6.04 Å². The van der Waals surface area contributed by atoms with Gasteiger partial charge in [-0.05, 0) is 43.4 Å². The summed E-state index contributed by atoms with van der Waals surface area (Å²) in [6.45, 7) is 0. The van der Waals surface area contributed by atoms with Gasteiger partial charge in [0.15, 0.2) is 0 Å². The van der Waals surface area contributed by atoms with E-state index in [-0.39, 0.29) is 29.5 Å². The Hall–Kier alpha value is -2.04. The summed E-state index contributed by atoms with van der Waals surface area (Å²) in [7, 11) is 0. The SMILES string of the molecule is O=C(NC(Cc1ccc(O)cc1)C(=O)NC1CC1)C1CC1. The largest absolute Gasteiger partial charge is 0.508 e. The molecule has 2 aliphatic carbocycles. The minimum Gasteiger partial charge on any atom is -0.508 e. The highest BCUT2D eigenvalue weighted by Gasteiger charge is 2.34. The van der Waals surface area contributed by atoms with Crippen molar-refractivity contribution in [2.75, 3.05) is 0 Å². The number of phenolic OH excluding ortho intramolecular Hbond substituents is 1. The predicted octanol–water partition coefficient (Wildman–Crippen LogP) is 1.11. The van der Waals surface area contributed by atoms with Crippen LogP contribution in [0.3, 0.4) is 0 Å². The molecule has 0 heterocycles. The normalized spacial score (nSPS) is 18.9. The number of phenols is 1. The number of aromatic hydroxyl groups is 1. The smallest absolute Gasteiger partial charge is 0.243 e. The van der Waals surface area contributed by atoms with Crippen LogP contribution in [0.15, 0.2) is 24.3 Å². The van der Waals surface area contributed by atoms with Crippen molar-refractivity contribution in [2.24, 2.45) is 5.92 Å². The minimum atomic E-state index is -0.539. The van der Waals surface area contributed by atoms with E-state index in [1.807, 2.05) is 0 Å². The molecule has 1 unspecified atom stereocenters. The lowest BCUT2D eigenvalue weighted by atomic mass is 10.0. The van der Waals surface area contributed by atoms with Gasteiger partial charge in [0.1, 0.15) is 11.8 Å². The second-order valence-electron chi connectivity index (χ2n) is 5.99. The molecule has 1 aromatic carbocycles. The number of hydrogen-bond acceptors (Lipinski definition) is 3. The highest BCUT2D eigenvalue weighted by atomic mass is 16.3. The molecule has 0 spiro atoms. The molecule has 2 fully saturated rings. The van der Waals surface area contributed by atoms with Crippen LogP contribution in [-0.2, 0) is 16.0 Å². The van der Waals surface area contributed by atoms with Crippen molar-refractivity contribution in [3.8, 4) is 5.75 Å². The molecule has 0 bridgehead atoms. The summed E-state index contributed by atoms with van der Waals surface area (Å²) in [5.74, 6) is 0.144. The van der Waals surface area contributed by atoms with Gasteiger partial charge < -0.3 is 15.7 Å². The summed E-state index contributed by atoms with van der Waals surface area (Å²) >= 11 is 0. The van der Waals surface area contributed by atoms with Crippen molar-refractivity contribution in [2.45, 2.75) is 44.2 Å². The van der Waals surface area contributed by atoms with Crippen molar-refractivity contribution in [3.63, 3.8) is 0 Å². The molecular weight excluding hydrogens is 268 g/mol. The van der Waals surface area contributed by atoms with E-state index in [2.05, 4.69) is 10.6 Å². The Morgan fingerprint density at radius 3 is 2.38 bits per heavy atom. The first kappa shape index (κ1) is 13.9. The molecule has 3 N–H and O–H groups in total. The van der Waals surface area contributed by atoms with Crippen LogP contribution in [0.2, 0.25) is 0 Å². The number of carbonyl (C=O) groups excluding carboxylic acids is 2. The average Bonchev–Trinajstić information content (AvgIpc) is 3.33. The maximum Gasteiger partial charge on any atom is 0.243 e. The van der Waals surface area contributed by atoms with Crippen LogP contribution in [0.25, 0.3) is 0 Å². The summed E-state index contributed by atoms with van der Waals surface area (Å²) in [4.78, 5) is 24.2. The Kier molecular flexibility index (Phi) is 3.82. The van der Waals surface area contributed by atoms with Gasteiger partial charge in [0, 0.05) is 18.4 Å². The molecule has 0 saturated heterocycles. The van der Waals surface area contributed by atoms with E-state index in [4.69, 9.17) is 0 Å². The zero-order valence-corrected chi connectivity index (χ0v) is 11.8. The summed E-state index contributed by atoms with van der Waals surface area (Å²) in [6.07, 6.45) is 4.32. The Balaban J connectivity index is 1.65. The molecule has 0 radical (unpaired) electrons. The maximum absolute atomic E-state index is 12.3. The number of amides is 2. The monoisotopic (exact) mass is 288 g/mol. The molecule has 5 nitrogen and oxygen atoms in total. The molecule has 21 heavy (non-hydrogen) atoms. The highest BCUT2D eigenvalue weighted by Crippen LogP contribution is 2.29. The summed E-state index contributed by atoms with van der Waals surface area (Å²) in [5.41, 5.74) is 0.917. The minimum absolute atomic E-state index is 0.0234. The van der Waals surface area contributed by atoms with Gasteiger partial charge in [-0.3, -0.25) is 9.59 Å². The standard InChI is InChI=1S/C16H20N2O3/c19-13-7-1-10(2-8-13)9-14(16(21)17-12-5-6-12)18-15(20)11-3-4-11/h1-2,7-8,11-12,14,19H,3-6,9H2,(H,17,21)(H,18,20). The van der Waals surface area contributed by atoms with Crippen LogP contribution in [0.5, 0.6) is 5.75 Å². The van der Waals surface area contributed by atoms with Gasteiger partial charge >= 0.3 is 0 Å². The fourth-order valence-corrected chi connectivity index (χ4v) is 2.24. The third kappa shape index (κ3) is 3.97. The first-order valence-electron chi connectivity index (χ1n) is 7.50. The van der Waals surface area contributed by atoms with Crippen molar-refractivity contribution < 1.29 is 14.7 Å². The first-order chi connectivity index (χ1) is 10.1. The topological polar surface area (TPSA) is 78.4 Å². The second kappa shape index (κ2) is 5.76. The molecule has 3 rings (SSSR count). The molecule has 112 valence electrons. The molecule has 2 saturated carbocycles. The third-order valence-corrected chi connectivity index (χ3v) is 3.88. The second-order valence-corrected chi connectivity index (χ2v) is 5.99. The molecule has 0 aliphatic heterocycles. The van der Waals surface area contributed by atoms with E-state index in [0.29, 0.717) is 6.42 Å². The number of hydrogen-bond donors (Lipinski definition) is 3. The molecular formula is C16H20N2O3. The van der Waals surface area contributed by atoms with E-state index in [1.54, 1.807) is 24.3 Å². The molecule has 1 aromatic rings. The molecule has 5 heteroatoms. The number of carbonyl (C=O) groups is 2. The van der Waals surface area contributed by atoms with Gasteiger partial charge in [-0.2, -0.15) is 0 Å². The maximum atomic E-state index is 12.3. The molecule has 1 atom stereocenters. The third-order valence-electron chi connectivity index (χ3n) is 3.88. The number of benzene rings is 1. The lowest BCUT2D eigenvalue weighted by molar-refractivity contribution is -0.129. The highest BCUT2D eigenvalue weighted by molar-refractivity contribution is 5.89. The quantitative estimate of drug-likeness (QED) is 0.733. The van der Waals surface area contributed by atoms with Crippen molar-refractivity contribution in [1.29, 1.82) is 0 Å². The van der Waals surface area contributed by atoms with Crippen molar-refractivity contribution >= 4 is 11.8 Å². The van der Waals surface area contributed by atoms with Crippen LogP contribution in [0.1, 0.15) is 31.2 Å². The fourth-order valence-electron chi connectivity index (χ4n) is 2.24. The molecule has 2 amide bonds. The number of rotatable bonds is 6. The van der Waals surface area contributed by atoms with E-state index >= 15 is 0 Å². The Bertz CT molecular complexity index is 533. The van der Waals surface area contributed by atoms with Crippen molar-refractivity contribution in [1.82, 2.24) is 10.6 Å². The summed E-state index contributed by atoms with van der Waals surface area (Å²) in [5, 5.41) is 15.1. The van der Waals surface area contributed by atoms with Crippen molar-refractivity contribution in [3.05, 3.63) is 29.8 Å². The van der Waals surface area contributed by atoms with Gasteiger partial charge in [0.2, 0.25) is 11.8 Å². The van der Waals surface area contributed by atoms with Crippen LogP contribution < -0.4 is 10.6 Å². The zero-order chi connectivity index (χ0) is 14.8.